The molecular weight excluding hydrogens is 309 g/mol. The third-order valence-electron chi connectivity index (χ3n) is 4.87. The van der Waals surface area contributed by atoms with Crippen LogP contribution in [0.2, 0.25) is 0 Å². The number of piperidine rings is 1. The molecule has 6 heteroatoms. The lowest BCUT2D eigenvalue weighted by atomic mass is 9.97. The average molecular weight is 331 g/mol. The van der Waals surface area contributed by atoms with Crippen LogP contribution in [0.5, 0.6) is 0 Å². The van der Waals surface area contributed by atoms with Crippen molar-refractivity contribution in [2.24, 2.45) is 0 Å². The second-order valence-electron chi connectivity index (χ2n) is 6.70. The fraction of sp³-hybridized carbons (Fsp3) is 0.556. The quantitative estimate of drug-likeness (QED) is 0.861. The number of benzene rings is 1. The Morgan fingerprint density at radius 2 is 2.21 bits per heavy atom. The molecule has 0 spiro atoms. The molecule has 0 N–H and O–H groups in total. The number of hydrogen-bond acceptors (Lipinski definition) is 5. The minimum Gasteiger partial charge on any atom is -0.377 e. The van der Waals surface area contributed by atoms with E-state index in [0.29, 0.717) is 23.4 Å². The van der Waals surface area contributed by atoms with Gasteiger partial charge in [0.1, 0.15) is 5.82 Å². The predicted molar refractivity (Wildman–Crippen MR) is 87.1 cm³/mol. The lowest BCUT2D eigenvalue weighted by molar-refractivity contribution is 0.0609. The first-order valence-corrected chi connectivity index (χ1v) is 8.71. The Morgan fingerprint density at radius 1 is 1.25 bits per heavy atom. The van der Waals surface area contributed by atoms with Crippen LogP contribution in [0.4, 0.5) is 4.39 Å². The highest BCUT2D eigenvalue weighted by Gasteiger charge is 2.28. The SMILES string of the molecule is Fc1cccc(-c2noc(C3CCCN(CC4CCCO4)C3)n2)c1. The van der Waals surface area contributed by atoms with E-state index >= 15 is 0 Å². The summed E-state index contributed by atoms with van der Waals surface area (Å²) < 4.78 is 24.6. The Kier molecular flexibility index (Phi) is 4.58. The summed E-state index contributed by atoms with van der Waals surface area (Å²) in [7, 11) is 0. The molecule has 2 aliphatic heterocycles. The third-order valence-corrected chi connectivity index (χ3v) is 4.87. The highest BCUT2D eigenvalue weighted by Crippen LogP contribution is 2.28. The molecule has 1 aromatic carbocycles. The van der Waals surface area contributed by atoms with Gasteiger partial charge in [-0.15, -0.1) is 0 Å². The predicted octanol–water partition coefficient (Wildman–Crippen LogP) is 3.23. The fourth-order valence-electron chi connectivity index (χ4n) is 3.65. The Balaban J connectivity index is 1.43. The van der Waals surface area contributed by atoms with E-state index in [9.17, 15) is 4.39 Å². The summed E-state index contributed by atoms with van der Waals surface area (Å²) in [4.78, 5) is 6.95. The number of likely N-dealkylation sites (tertiary alicyclic amines) is 1. The van der Waals surface area contributed by atoms with E-state index in [1.54, 1.807) is 12.1 Å². The van der Waals surface area contributed by atoms with Crippen molar-refractivity contribution in [3.05, 3.63) is 36.0 Å². The van der Waals surface area contributed by atoms with Crippen molar-refractivity contribution < 1.29 is 13.7 Å². The molecule has 128 valence electrons. The van der Waals surface area contributed by atoms with E-state index in [1.165, 1.54) is 18.6 Å². The van der Waals surface area contributed by atoms with Crippen LogP contribution >= 0.6 is 0 Å². The molecule has 2 aliphatic rings. The molecule has 0 radical (unpaired) electrons. The van der Waals surface area contributed by atoms with Gasteiger partial charge in [0.05, 0.1) is 12.0 Å². The smallest absolute Gasteiger partial charge is 0.231 e. The van der Waals surface area contributed by atoms with Crippen LogP contribution in [-0.2, 0) is 4.74 Å². The zero-order chi connectivity index (χ0) is 16.4. The van der Waals surface area contributed by atoms with E-state index in [4.69, 9.17) is 9.26 Å². The third kappa shape index (κ3) is 3.49. The van der Waals surface area contributed by atoms with Gasteiger partial charge in [-0.1, -0.05) is 17.3 Å². The second kappa shape index (κ2) is 6.99. The largest absolute Gasteiger partial charge is 0.377 e. The first kappa shape index (κ1) is 15.7. The summed E-state index contributed by atoms with van der Waals surface area (Å²) in [5.74, 6) is 1.07. The van der Waals surface area contributed by atoms with Crippen molar-refractivity contribution in [2.75, 3.05) is 26.2 Å². The summed E-state index contributed by atoms with van der Waals surface area (Å²) >= 11 is 0. The maximum absolute atomic E-state index is 13.4. The maximum atomic E-state index is 13.4. The first-order chi connectivity index (χ1) is 11.8. The number of halogens is 1. The summed E-state index contributed by atoms with van der Waals surface area (Å²) in [6.45, 7) is 3.90. The molecule has 5 nitrogen and oxygen atoms in total. The van der Waals surface area contributed by atoms with Crippen LogP contribution in [0.1, 0.15) is 37.5 Å². The van der Waals surface area contributed by atoms with Crippen LogP contribution in [0, 0.1) is 5.82 Å². The Bertz CT molecular complexity index is 684. The molecule has 2 saturated heterocycles. The fourth-order valence-corrected chi connectivity index (χ4v) is 3.65. The molecule has 0 bridgehead atoms. The summed E-state index contributed by atoms with van der Waals surface area (Å²) in [6, 6.07) is 6.29. The molecule has 24 heavy (non-hydrogen) atoms. The molecule has 1 aromatic heterocycles. The van der Waals surface area contributed by atoms with Gasteiger partial charge >= 0.3 is 0 Å². The Morgan fingerprint density at radius 3 is 3.04 bits per heavy atom. The molecule has 3 heterocycles. The molecule has 0 aliphatic carbocycles. The Hall–Kier alpha value is -1.79. The van der Waals surface area contributed by atoms with Crippen molar-refractivity contribution in [2.45, 2.75) is 37.7 Å². The van der Waals surface area contributed by atoms with Gasteiger partial charge in [-0.05, 0) is 44.4 Å². The van der Waals surface area contributed by atoms with Gasteiger partial charge < -0.3 is 9.26 Å². The van der Waals surface area contributed by atoms with Crippen LogP contribution in [-0.4, -0.2) is 47.4 Å². The normalized spacial score (nSPS) is 25.2. The lowest BCUT2D eigenvalue weighted by Gasteiger charge is -2.32. The maximum Gasteiger partial charge on any atom is 0.231 e. The summed E-state index contributed by atoms with van der Waals surface area (Å²) in [6.07, 6.45) is 4.87. The molecular formula is C18H22FN3O2. The molecule has 2 atom stereocenters. The van der Waals surface area contributed by atoms with Gasteiger partial charge in [0, 0.05) is 25.3 Å². The lowest BCUT2D eigenvalue weighted by Crippen LogP contribution is -2.39. The van der Waals surface area contributed by atoms with Gasteiger partial charge in [-0.2, -0.15) is 4.98 Å². The van der Waals surface area contributed by atoms with E-state index < -0.39 is 0 Å². The van der Waals surface area contributed by atoms with Crippen molar-refractivity contribution in [1.82, 2.24) is 15.0 Å². The summed E-state index contributed by atoms with van der Waals surface area (Å²) in [5, 5.41) is 4.04. The van der Waals surface area contributed by atoms with Crippen LogP contribution < -0.4 is 0 Å². The minimum absolute atomic E-state index is 0.245. The van der Waals surface area contributed by atoms with Crippen LogP contribution in [0.3, 0.4) is 0 Å². The van der Waals surface area contributed by atoms with Gasteiger partial charge in [-0.3, -0.25) is 4.90 Å². The number of ether oxygens (including phenoxy) is 1. The van der Waals surface area contributed by atoms with Crippen LogP contribution in [0.15, 0.2) is 28.8 Å². The number of nitrogens with zero attached hydrogens (tertiary/aromatic N) is 3. The number of aromatic nitrogens is 2. The molecule has 2 unspecified atom stereocenters. The van der Waals surface area contributed by atoms with Crippen molar-refractivity contribution >= 4 is 0 Å². The molecule has 0 saturated carbocycles. The monoisotopic (exact) mass is 331 g/mol. The van der Waals surface area contributed by atoms with Gasteiger partial charge in [0.15, 0.2) is 0 Å². The van der Waals surface area contributed by atoms with Crippen molar-refractivity contribution in [1.29, 1.82) is 0 Å². The molecule has 0 amide bonds. The highest BCUT2D eigenvalue weighted by atomic mass is 19.1. The van der Waals surface area contributed by atoms with E-state index in [2.05, 4.69) is 15.0 Å². The number of rotatable bonds is 4. The minimum atomic E-state index is -0.292. The topological polar surface area (TPSA) is 51.4 Å². The summed E-state index contributed by atoms with van der Waals surface area (Å²) in [5.41, 5.74) is 0.650. The van der Waals surface area contributed by atoms with Gasteiger partial charge in [0.2, 0.25) is 11.7 Å². The zero-order valence-electron chi connectivity index (χ0n) is 13.7. The molecule has 2 fully saturated rings. The van der Waals surface area contributed by atoms with Crippen molar-refractivity contribution in [3.63, 3.8) is 0 Å². The van der Waals surface area contributed by atoms with Gasteiger partial charge in [-0.25, -0.2) is 4.39 Å². The van der Waals surface area contributed by atoms with E-state index in [1.807, 2.05) is 0 Å². The first-order valence-electron chi connectivity index (χ1n) is 8.71. The van der Waals surface area contributed by atoms with E-state index in [-0.39, 0.29) is 11.7 Å². The zero-order valence-corrected chi connectivity index (χ0v) is 13.7. The van der Waals surface area contributed by atoms with Gasteiger partial charge in [0.25, 0.3) is 0 Å². The van der Waals surface area contributed by atoms with E-state index in [0.717, 1.165) is 45.5 Å². The average Bonchev–Trinajstić information content (AvgIpc) is 3.27. The Labute approximate surface area is 140 Å². The van der Waals surface area contributed by atoms with Crippen LogP contribution in [0.25, 0.3) is 11.4 Å². The number of hydrogen-bond donors (Lipinski definition) is 0. The standard InChI is InChI=1S/C18H22FN3O2/c19-15-6-1-4-13(10-15)17-20-18(24-21-17)14-5-2-8-22(11-14)12-16-7-3-9-23-16/h1,4,6,10,14,16H,2-3,5,7-9,11-12H2. The molecule has 4 rings (SSSR count). The van der Waals surface area contributed by atoms with Crippen molar-refractivity contribution in [3.8, 4) is 11.4 Å². The second-order valence-corrected chi connectivity index (χ2v) is 6.70. The highest BCUT2D eigenvalue weighted by molar-refractivity contribution is 5.53. The molecule has 2 aromatic rings.